The number of Topliss-reactive ketones (excluding diaryl/α,β-unsaturated/α-hetero) is 1. The molecule has 10 heteroatoms. The summed E-state index contributed by atoms with van der Waals surface area (Å²) in [5.41, 5.74) is 3.34. The van der Waals surface area contributed by atoms with Crippen molar-refractivity contribution in [3.63, 3.8) is 0 Å². The van der Waals surface area contributed by atoms with Crippen LogP contribution in [0.5, 0.6) is 0 Å². The van der Waals surface area contributed by atoms with Crippen LogP contribution in [0.1, 0.15) is 66.9 Å². The molecule has 1 N–H and O–H groups in total. The van der Waals surface area contributed by atoms with E-state index in [2.05, 4.69) is 26.8 Å². The molecule has 3 aliphatic heterocycles. The maximum absolute atomic E-state index is 14.0. The molecule has 5 rings (SSSR count). The first-order chi connectivity index (χ1) is 22.7. The predicted molar refractivity (Wildman–Crippen MR) is 180 cm³/mol. The fraction of sp³-hybridized carbons (Fsp3) is 0.432. The zero-order valence-electron chi connectivity index (χ0n) is 27.1. The van der Waals surface area contributed by atoms with E-state index >= 15 is 0 Å². The molecule has 0 spiro atoms. The molecule has 0 aromatic heterocycles. The van der Waals surface area contributed by atoms with Gasteiger partial charge in [-0.15, -0.1) is 0 Å². The second-order valence-corrected chi connectivity index (χ2v) is 12.7. The number of carbonyl (C=O) groups excluding carboxylic acids is 3. The molecule has 3 fully saturated rings. The van der Waals surface area contributed by atoms with Gasteiger partial charge in [-0.05, 0) is 100 Å². The van der Waals surface area contributed by atoms with Crippen LogP contribution in [-0.2, 0) is 16.1 Å². The topological polar surface area (TPSA) is 109 Å². The van der Waals surface area contributed by atoms with Crippen LogP contribution in [0.25, 0.3) is 0 Å². The number of amides is 2. The molecule has 0 aliphatic carbocycles. The second kappa shape index (κ2) is 15.8. The molecule has 3 saturated heterocycles. The molecule has 2 aromatic carbocycles. The fourth-order valence-corrected chi connectivity index (χ4v) is 6.57. The van der Waals surface area contributed by atoms with Gasteiger partial charge in [-0.1, -0.05) is 12.1 Å². The largest absolute Gasteiger partial charge is 0.372 e. The molecule has 3 heterocycles. The van der Waals surface area contributed by atoms with Crippen LogP contribution < -0.4 is 10.2 Å². The van der Waals surface area contributed by atoms with E-state index in [1.165, 1.54) is 31.1 Å². The van der Waals surface area contributed by atoms with Gasteiger partial charge in [0.25, 0.3) is 5.91 Å². The zero-order chi connectivity index (χ0) is 33.3. The number of ketones is 1. The van der Waals surface area contributed by atoms with E-state index in [-0.39, 0.29) is 40.8 Å². The third-order valence-electron chi connectivity index (χ3n) is 9.50. The fourth-order valence-electron chi connectivity index (χ4n) is 6.57. The van der Waals surface area contributed by atoms with Gasteiger partial charge in [0.15, 0.2) is 5.78 Å². The van der Waals surface area contributed by atoms with E-state index in [1.54, 1.807) is 24.0 Å². The normalized spacial score (nSPS) is 18.6. The lowest BCUT2D eigenvalue weighted by Gasteiger charge is -2.32. The number of nitriles is 1. The van der Waals surface area contributed by atoms with Crippen LogP contribution in [0.3, 0.4) is 0 Å². The minimum Gasteiger partial charge on any atom is -0.372 e. The van der Waals surface area contributed by atoms with Crippen molar-refractivity contribution in [3.8, 4) is 6.07 Å². The molecule has 0 bridgehead atoms. The summed E-state index contributed by atoms with van der Waals surface area (Å²) in [6, 6.07) is 14.4. The summed E-state index contributed by atoms with van der Waals surface area (Å²) in [5, 5.41) is 12.0. The molecule has 246 valence electrons. The molecular formula is C37H43FN6O3. The molecule has 0 atom stereocenters. The van der Waals surface area contributed by atoms with Crippen LogP contribution in [-0.4, -0.2) is 79.4 Å². The number of rotatable bonds is 10. The number of allylic oxidation sites excluding steroid dienone is 2. The number of aliphatic imine (C=N–C) groups is 1. The molecule has 2 amide bonds. The standard InChI is InChI=1S/C37H43FN6O3/c1-26(36(46)41-31-15-19-42(20-16-31)25-27-6-7-30(24-39)33(38)23-27)5-12-34(40-2)37(47)44-21-13-29(14-22-44)35(45)28-8-10-32(11-9-28)43-17-3-4-18-43/h5-12,23,29,31H,2-4,13-22,25H2,1H3,(H,41,46)/b26-5+,34-12-. The highest BCUT2D eigenvalue weighted by Crippen LogP contribution is 2.26. The van der Waals surface area contributed by atoms with Crippen molar-refractivity contribution in [1.29, 1.82) is 5.26 Å². The lowest BCUT2D eigenvalue weighted by molar-refractivity contribution is -0.128. The SMILES string of the molecule is C=N/C(=C\C=C(/C)C(=O)NC1CCN(Cc2ccc(C#N)c(F)c2)CC1)C(=O)N1CCC(C(=O)c2ccc(N3CCCC3)cc2)CC1. The number of benzene rings is 2. The number of piperidine rings is 2. The first kappa shape index (κ1) is 33.7. The van der Waals surface area contributed by atoms with Crippen LogP contribution >= 0.6 is 0 Å². The number of hydrogen-bond acceptors (Lipinski definition) is 7. The highest BCUT2D eigenvalue weighted by atomic mass is 19.1. The number of halogens is 1. The average Bonchev–Trinajstić information content (AvgIpc) is 3.64. The smallest absolute Gasteiger partial charge is 0.272 e. The molecule has 0 unspecified atom stereocenters. The third-order valence-corrected chi connectivity index (χ3v) is 9.50. The van der Waals surface area contributed by atoms with E-state index in [1.807, 2.05) is 30.3 Å². The Morgan fingerprint density at radius 1 is 0.979 bits per heavy atom. The van der Waals surface area contributed by atoms with Crippen molar-refractivity contribution in [3.05, 3.63) is 88.4 Å². The van der Waals surface area contributed by atoms with Gasteiger partial charge in [0.1, 0.15) is 17.6 Å². The average molecular weight is 639 g/mol. The Hall–Kier alpha value is -4.62. The van der Waals surface area contributed by atoms with Crippen molar-refractivity contribution in [1.82, 2.24) is 15.1 Å². The predicted octanol–water partition coefficient (Wildman–Crippen LogP) is 5.03. The van der Waals surface area contributed by atoms with Gasteiger partial charge >= 0.3 is 0 Å². The quantitative estimate of drug-likeness (QED) is 0.169. The summed E-state index contributed by atoms with van der Waals surface area (Å²) in [7, 11) is 0. The molecule has 0 radical (unpaired) electrons. The summed E-state index contributed by atoms with van der Waals surface area (Å²) in [6.45, 7) is 10.4. The first-order valence-corrected chi connectivity index (χ1v) is 16.5. The van der Waals surface area contributed by atoms with Gasteiger partial charge in [-0.2, -0.15) is 5.26 Å². The Morgan fingerprint density at radius 3 is 2.28 bits per heavy atom. The Bertz CT molecular complexity index is 1570. The Labute approximate surface area is 276 Å². The van der Waals surface area contributed by atoms with Crippen molar-refractivity contribution in [2.75, 3.05) is 44.2 Å². The molecular weight excluding hydrogens is 595 g/mol. The van der Waals surface area contributed by atoms with E-state index in [0.717, 1.165) is 55.8 Å². The van der Waals surface area contributed by atoms with E-state index in [0.29, 0.717) is 38.0 Å². The minimum absolute atomic E-state index is 0.00873. The van der Waals surface area contributed by atoms with Crippen LogP contribution in [0.15, 0.2) is 70.9 Å². The van der Waals surface area contributed by atoms with Crippen molar-refractivity contribution < 1.29 is 18.8 Å². The van der Waals surface area contributed by atoms with Crippen LogP contribution in [0.4, 0.5) is 10.1 Å². The zero-order valence-corrected chi connectivity index (χ0v) is 27.1. The molecule has 47 heavy (non-hydrogen) atoms. The van der Waals surface area contributed by atoms with Crippen molar-refractivity contribution in [2.45, 2.75) is 58.0 Å². The maximum Gasteiger partial charge on any atom is 0.272 e. The lowest BCUT2D eigenvalue weighted by atomic mass is 9.88. The van der Waals surface area contributed by atoms with Gasteiger partial charge in [0, 0.05) is 74.6 Å². The number of nitrogens with zero attached hydrogens (tertiary/aromatic N) is 5. The molecule has 3 aliphatic rings. The summed E-state index contributed by atoms with van der Waals surface area (Å²) in [5.74, 6) is -0.986. The van der Waals surface area contributed by atoms with Gasteiger partial charge in [-0.25, -0.2) is 4.39 Å². The molecule has 0 saturated carbocycles. The Balaban J connectivity index is 1.07. The van der Waals surface area contributed by atoms with Gasteiger partial charge in [0.05, 0.1) is 5.56 Å². The summed E-state index contributed by atoms with van der Waals surface area (Å²) in [4.78, 5) is 49.5. The van der Waals surface area contributed by atoms with Gasteiger partial charge in [-0.3, -0.25) is 24.3 Å². The summed E-state index contributed by atoms with van der Waals surface area (Å²) < 4.78 is 14.0. The Kier molecular flexibility index (Phi) is 11.3. The number of carbonyl (C=O) groups is 3. The number of likely N-dealkylation sites (tertiary alicyclic amines) is 2. The second-order valence-electron chi connectivity index (χ2n) is 12.7. The molecule has 9 nitrogen and oxygen atoms in total. The lowest BCUT2D eigenvalue weighted by Crippen LogP contribution is -2.44. The summed E-state index contributed by atoms with van der Waals surface area (Å²) >= 11 is 0. The number of hydrogen-bond donors (Lipinski definition) is 1. The Morgan fingerprint density at radius 2 is 1.66 bits per heavy atom. The van der Waals surface area contributed by atoms with E-state index in [4.69, 9.17) is 5.26 Å². The van der Waals surface area contributed by atoms with Crippen LogP contribution in [0, 0.1) is 23.1 Å². The monoisotopic (exact) mass is 638 g/mol. The van der Waals surface area contributed by atoms with Crippen LogP contribution in [0.2, 0.25) is 0 Å². The maximum atomic E-state index is 14.0. The van der Waals surface area contributed by atoms with Gasteiger partial charge < -0.3 is 15.1 Å². The van der Waals surface area contributed by atoms with E-state index < -0.39 is 5.82 Å². The van der Waals surface area contributed by atoms with Crippen molar-refractivity contribution in [2.24, 2.45) is 10.9 Å². The first-order valence-electron chi connectivity index (χ1n) is 16.5. The highest BCUT2D eigenvalue weighted by molar-refractivity contribution is 5.99. The highest BCUT2D eigenvalue weighted by Gasteiger charge is 2.29. The summed E-state index contributed by atoms with van der Waals surface area (Å²) in [6.07, 6.45) is 8.22. The number of nitrogens with one attached hydrogen (secondary N) is 1. The third kappa shape index (κ3) is 8.60. The van der Waals surface area contributed by atoms with E-state index in [9.17, 15) is 18.8 Å². The minimum atomic E-state index is -0.508. The number of anilines is 1. The molecule has 2 aromatic rings. The van der Waals surface area contributed by atoms with Gasteiger partial charge in [0.2, 0.25) is 5.91 Å². The van der Waals surface area contributed by atoms with Crippen molar-refractivity contribution >= 4 is 30.0 Å².